The van der Waals surface area contributed by atoms with Gasteiger partial charge in [-0.05, 0) is 17.7 Å². The Kier molecular flexibility index (Phi) is 5.13. The van der Waals surface area contributed by atoms with Gasteiger partial charge in [-0.25, -0.2) is 9.59 Å². The molecule has 1 N–H and O–H groups in total. The van der Waals surface area contributed by atoms with E-state index >= 15 is 0 Å². The maximum absolute atomic E-state index is 12.1. The van der Waals surface area contributed by atoms with Crippen molar-refractivity contribution in [2.24, 2.45) is 0 Å². The Balaban J connectivity index is 2.47. The molecule has 1 heterocycles. The molecule has 0 saturated carbocycles. The topological polar surface area (TPSA) is 85.3 Å². The first-order chi connectivity index (χ1) is 10.6. The molecule has 0 atom stereocenters. The minimum atomic E-state index is -0.644. The van der Waals surface area contributed by atoms with Gasteiger partial charge in [0.05, 0.1) is 33.0 Å². The van der Waals surface area contributed by atoms with E-state index in [2.05, 4.69) is 0 Å². The number of aliphatic hydroxyl groups is 1. The molecule has 0 saturated heterocycles. The number of carbonyl (C=O) groups is 2. The summed E-state index contributed by atoms with van der Waals surface area (Å²) in [7, 11) is 2.48. The highest BCUT2D eigenvalue weighted by atomic mass is 16.5. The molecule has 0 unspecified atom stereocenters. The number of anilines is 1. The van der Waals surface area contributed by atoms with Crippen LogP contribution in [0.4, 0.5) is 5.69 Å². The van der Waals surface area contributed by atoms with Crippen LogP contribution >= 0.6 is 0 Å². The van der Waals surface area contributed by atoms with E-state index in [1.165, 1.54) is 19.1 Å². The van der Waals surface area contributed by atoms with Gasteiger partial charge in [0, 0.05) is 5.69 Å². The van der Waals surface area contributed by atoms with E-state index < -0.39 is 11.9 Å². The van der Waals surface area contributed by atoms with Crippen LogP contribution in [0.1, 0.15) is 5.56 Å². The van der Waals surface area contributed by atoms with Gasteiger partial charge >= 0.3 is 11.9 Å². The number of methoxy groups -OCH3 is 2. The predicted molar refractivity (Wildman–Crippen MR) is 76.7 cm³/mol. The fourth-order valence-electron chi connectivity index (χ4n) is 2.13. The van der Waals surface area contributed by atoms with E-state index in [1.54, 1.807) is 24.3 Å². The average Bonchev–Trinajstić information content (AvgIpc) is 2.59. The van der Waals surface area contributed by atoms with Crippen molar-refractivity contribution in [3.05, 3.63) is 41.1 Å². The van der Waals surface area contributed by atoms with Gasteiger partial charge in [-0.2, -0.15) is 0 Å². The molecule has 7 nitrogen and oxygen atoms in total. The number of esters is 2. The van der Waals surface area contributed by atoms with Gasteiger partial charge < -0.3 is 24.2 Å². The zero-order valence-corrected chi connectivity index (χ0v) is 12.4. The molecule has 2 rings (SSSR count). The summed E-state index contributed by atoms with van der Waals surface area (Å²) in [6, 6.07) is 6.88. The Bertz CT molecular complexity index is 593. The summed E-state index contributed by atoms with van der Waals surface area (Å²) < 4.78 is 14.8. The molecule has 1 aliphatic heterocycles. The summed E-state index contributed by atoms with van der Waals surface area (Å²) in [6.07, 6.45) is 0. The van der Waals surface area contributed by atoms with Crippen molar-refractivity contribution in [1.82, 2.24) is 0 Å². The maximum Gasteiger partial charge on any atom is 0.355 e. The molecule has 1 aromatic rings. The first-order valence-electron chi connectivity index (χ1n) is 6.57. The predicted octanol–water partition coefficient (Wildman–Crippen LogP) is 0.573. The lowest BCUT2D eigenvalue weighted by Crippen LogP contribution is -2.38. The highest BCUT2D eigenvalue weighted by Crippen LogP contribution is 2.26. The Morgan fingerprint density at radius 3 is 2.36 bits per heavy atom. The van der Waals surface area contributed by atoms with Crippen molar-refractivity contribution in [2.75, 3.05) is 32.5 Å². The normalized spacial score (nSPS) is 14.8. The SMILES string of the molecule is COC(=O)C1=C(C(=O)OC)N(c2ccc(CO)cc2)COC1. The molecule has 0 radical (unpaired) electrons. The van der Waals surface area contributed by atoms with Crippen LogP contribution in [-0.4, -0.2) is 44.6 Å². The van der Waals surface area contributed by atoms with E-state index in [1.807, 2.05) is 0 Å². The average molecular weight is 307 g/mol. The molecule has 0 aromatic heterocycles. The smallest absolute Gasteiger partial charge is 0.355 e. The van der Waals surface area contributed by atoms with Crippen LogP contribution < -0.4 is 4.90 Å². The van der Waals surface area contributed by atoms with Crippen LogP contribution in [0.25, 0.3) is 0 Å². The monoisotopic (exact) mass is 307 g/mol. The molecule has 0 spiro atoms. The Hall–Kier alpha value is -2.38. The molecular weight excluding hydrogens is 290 g/mol. The number of rotatable bonds is 4. The fourth-order valence-corrected chi connectivity index (χ4v) is 2.13. The molecule has 1 aromatic carbocycles. The van der Waals surface area contributed by atoms with Crippen molar-refractivity contribution in [3.63, 3.8) is 0 Å². The number of benzene rings is 1. The summed E-state index contributed by atoms with van der Waals surface area (Å²) in [4.78, 5) is 25.5. The molecule has 0 fully saturated rings. The van der Waals surface area contributed by atoms with Gasteiger partial charge in [0.25, 0.3) is 0 Å². The minimum absolute atomic E-state index is 0.0255. The van der Waals surface area contributed by atoms with Gasteiger partial charge in [-0.15, -0.1) is 0 Å². The number of aliphatic hydroxyl groups excluding tert-OH is 1. The first kappa shape index (κ1) is 16.0. The molecular formula is C15H17NO6. The zero-order valence-electron chi connectivity index (χ0n) is 12.4. The van der Waals surface area contributed by atoms with E-state index in [-0.39, 0.29) is 31.2 Å². The van der Waals surface area contributed by atoms with Crippen molar-refractivity contribution in [2.45, 2.75) is 6.61 Å². The van der Waals surface area contributed by atoms with E-state index in [0.717, 1.165) is 5.56 Å². The third kappa shape index (κ3) is 3.10. The van der Waals surface area contributed by atoms with Gasteiger partial charge in [0.2, 0.25) is 0 Å². The molecule has 118 valence electrons. The second-order valence-electron chi connectivity index (χ2n) is 4.54. The summed E-state index contributed by atoms with van der Waals surface area (Å²) in [6.45, 7) is -0.00435. The Labute approximate surface area is 127 Å². The lowest BCUT2D eigenvalue weighted by atomic mass is 10.1. The second kappa shape index (κ2) is 7.06. The number of hydrogen-bond donors (Lipinski definition) is 1. The molecule has 1 aliphatic rings. The lowest BCUT2D eigenvalue weighted by molar-refractivity contribution is -0.140. The highest BCUT2D eigenvalue weighted by molar-refractivity contribution is 6.03. The third-order valence-corrected chi connectivity index (χ3v) is 3.26. The Morgan fingerprint density at radius 1 is 1.18 bits per heavy atom. The van der Waals surface area contributed by atoms with Crippen molar-refractivity contribution in [3.8, 4) is 0 Å². The quantitative estimate of drug-likeness (QED) is 0.814. The van der Waals surface area contributed by atoms with E-state index in [0.29, 0.717) is 5.69 Å². The molecule has 22 heavy (non-hydrogen) atoms. The number of carbonyl (C=O) groups excluding carboxylic acids is 2. The van der Waals surface area contributed by atoms with Gasteiger partial charge in [0.1, 0.15) is 12.4 Å². The van der Waals surface area contributed by atoms with Crippen molar-refractivity contribution < 1.29 is 28.9 Å². The van der Waals surface area contributed by atoms with E-state index in [4.69, 9.17) is 19.3 Å². The number of nitrogens with zero attached hydrogens (tertiary/aromatic N) is 1. The molecule has 0 bridgehead atoms. The number of ether oxygens (including phenoxy) is 3. The standard InChI is InChI=1S/C15H17NO6/c1-20-14(18)12-8-22-9-16(13(12)15(19)21-2)11-5-3-10(7-17)4-6-11/h3-6,17H,7-9H2,1-2H3. The second-order valence-corrected chi connectivity index (χ2v) is 4.54. The fraction of sp³-hybridized carbons (Fsp3) is 0.333. The lowest BCUT2D eigenvalue weighted by Gasteiger charge is -2.31. The van der Waals surface area contributed by atoms with Crippen LogP contribution in [0.3, 0.4) is 0 Å². The Morgan fingerprint density at radius 2 is 1.82 bits per heavy atom. The van der Waals surface area contributed by atoms with Crippen LogP contribution in [0.15, 0.2) is 35.5 Å². The maximum atomic E-state index is 12.1. The molecule has 7 heteroatoms. The van der Waals surface area contributed by atoms with Crippen molar-refractivity contribution >= 4 is 17.6 Å². The van der Waals surface area contributed by atoms with E-state index in [9.17, 15) is 9.59 Å². The summed E-state index contributed by atoms with van der Waals surface area (Å²) in [5, 5.41) is 9.08. The first-order valence-corrected chi connectivity index (χ1v) is 6.57. The van der Waals surface area contributed by atoms with Gasteiger partial charge in [0.15, 0.2) is 0 Å². The van der Waals surface area contributed by atoms with Crippen molar-refractivity contribution in [1.29, 1.82) is 0 Å². The highest BCUT2D eigenvalue weighted by Gasteiger charge is 2.32. The van der Waals surface area contributed by atoms with Crippen LogP contribution in [0.2, 0.25) is 0 Å². The summed E-state index contributed by atoms with van der Waals surface area (Å²) in [5.41, 5.74) is 1.57. The minimum Gasteiger partial charge on any atom is -0.466 e. The molecule has 0 amide bonds. The van der Waals surface area contributed by atoms with Gasteiger partial charge in [-0.1, -0.05) is 12.1 Å². The summed E-state index contributed by atoms with van der Waals surface area (Å²) >= 11 is 0. The van der Waals surface area contributed by atoms with Gasteiger partial charge in [-0.3, -0.25) is 0 Å². The van der Waals surface area contributed by atoms with Crippen LogP contribution in [0.5, 0.6) is 0 Å². The van der Waals surface area contributed by atoms with Crippen LogP contribution in [-0.2, 0) is 30.4 Å². The molecule has 0 aliphatic carbocycles. The van der Waals surface area contributed by atoms with Crippen LogP contribution in [0, 0.1) is 0 Å². The number of hydrogen-bond acceptors (Lipinski definition) is 7. The largest absolute Gasteiger partial charge is 0.466 e. The summed E-state index contributed by atoms with van der Waals surface area (Å²) in [5.74, 6) is -1.29. The third-order valence-electron chi connectivity index (χ3n) is 3.26. The zero-order chi connectivity index (χ0) is 16.1.